The van der Waals surface area contributed by atoms with E-state index in [1.54, 1.807) is 18.3 Å². The van der Waals surface area contributed by atoms with Gasteiger partial charge in [-0.05, 0) is 36.8 Å². The van der Waals surface area contributed by atoms with Gasteiger partial charge in [-0.3, -0.25) is 4.79 Å². The number of amides is 1. The highest BCUT2D eigenvalue weighted by atomic mass is 35.5. The molecule has 0 spiro atoms. The van der Waals surface area contributed by atoms with Crippen molar-refractivity contribution in [1.82, 2.24) is 10.3 Å². The molecule has 3 nitrogen and oxygen atoms in total. The summed E-state index contributed by atoms with van der Waals surface area (Å²) in [6.07, 6.45) is 5.03. The number of hydrogen-bond acceptors (Lipinski definition) is 2. The van der Waals surface area contributed by atoms with E-state index < -0.39 is 0 Å². The van der Waals surface area contributed by atoms with E-state index in [4.69, 9.17) is 11.6 Å². The van der Waals surface area contributed by atoms with Crippen LogP contribution in [0.2, 0.25) is 5.15 Å². The van der Waals surface area contributed by atoms with E-state index in [0.29, 0.717) is 16.6 Å². The minimum atomic E-state index is -0.0482. The molecule has 0 radical (unpaired) electrons. The maximum Gasteiger partial charge on any atom is 0.251 e. The molecule has 0 bridgehead atoms. The second-order valence-electron chi connectivity index (χ2n) is 5.05. The molecular weight excluding hydrogens is 248 g/mol. The third-order valence-electron chi connectivity index (χ3n) is 4.06. The Morgan fingerprint density at radius 3 is 2.94 bits per heavy atom. The summed E-state index contributed by atoms with van der Waals surface area (Å²) in [7, 11) is 0. The van der Waals surface area contributed by atoms with Crippen LogP contribution in [0.25, 0.3) is 0 Å². The zero-order chi connectivity index (χ0) is 13.1. The Morgan fingerprint density at radius 2 is 2.33 bits per heavy atom. The molecule has 0 aliphatic heterocycles. The first kappa shape index (κ1) is 13.3. The SMILES string of the molecule is CCC1CCC(NC(=O)c2ccnc(Cl)c2)C1C. The number of carbonyl (C=O) groups is 1. The van der Waals surface area contributed by atoms with Crippen molar-refractivity contribution < 1.29 is 4.79 Å². The molecule has 3 atom stereocenters. The normalized spacial score (nSPS) is 27.2. The van der Waals surface area contributed by atoms with Gasteiger partial charge in [0.25, 0.3) is 5.91 Å². The number of nitrogens with one attached hydrogen (secondary N) is 1. The lowest BCUT2D eigenvalue weighted by Crippen LogP contribution is -2.37. The van der Waals surface area contributed by atoms with Gasteiger partial charge in [0.05, 0.1) is 0 Å². The van der Waals surface area contributed by atoms with Gasteiger partial charge in [0, 0.05) is 17.8 Å². The highest BCUT2D eigenvalue weighted by Crippen LogP contribution is 2.33. The number of hydrogen-bond donors (Lipinski definition) is 1. The molecule has 1 saturated carbocycles. The number of pyridine rings is 1. The number of halogens is 1. The van der Waals surface area contributed by atoms with E-state index in [2.05, 4.69) is 24.1 Å². The Hall–Kier alpha value is -1.09. The minimum Gasteiger partial charge on any atom is -0.349 e. The van der Waals surface area contributed by atoms with E-state index in [1.165, 1.54) is 12.8 Å². The van der Waals surface area contributed by atoms with Gasteiger partial charge < -0.3 is 5.32 Å². The lowest BCUT2D eigenvalue weighted by molar-refractivity contribution is 0.0926. The molecule has 1 amide bonds. The fraction of sp³-hybridized carbons (Fsp3) is 0.571. The summed E-state index contributed by atoms with van der Waals surface area (Å²) >= 11 is 5.79. The highest BCUT2D eigenvalue weighted by molar-refractivity contribution is 6.29. The van der Waals surface area contributed by atoms with Crippen LogP contribution in [0.1, 0.15) is 43.5 Å². The average molecular weight is 267 g/mol. The molecule has 3 unspecified atom stereocenters. The van der Waals surface area contributed by atoms with Crippen LogP contribution in [0.4, 0.5) is 0 Å². The Kier molecular flexibility index (Phi) is 4.23. The summed E-state index contributed by atoms with van der Waals surface area (Å²) in [6, 6.07) is 3.58. The number of aromatic nitrogens is 1. The third-order valence-corrected chi connectivity index (χ3v) is 4.26. The van der Waals surface area contributed by atoms with Crippen LogP contribution in [0.3, 0.4) is 0 Å². The molecule has 2 rings (SSSR count). The molecule has 1 N–H and O–H groups in total. The molecule has 1 fully saturated rings. The zero-order valence-corrected chi connectivity index (χ0v) is 11.6. The lowest BCUT2D eigenvalue weighted by Gasteiger charge is -2.21. The van der Waals surface area contributed by atoms with E-state index in [9.17, 15) is 4.79 Å². The number of carbonyl (C=O) groups excluding carboxylic acids is 1. The first-order valence-electron chi connectivity index (χ1n) is 6.54. The second kappa shape index (κ2) is 5.70. The predicted octanol–water partition coefficient (Wildman–Crippen LogP) is 3.29. The van der Waals surface area contributed by atoms with Gasteiger partial charge in [-0.15, -0.1) is 0 Å². The zero-order valence-electron chi connectivity index (χ0n) is 10.8. The third kappa shape index (κ3) is 2.83. The molecule has 4 heteroatoms. The van der Waals surface area contributed by atoms with Crippen LogP contribution in [0.5, 0.6) is 0 Å². The Labute approximate surface area is 113 Å². The lowest BCUT2D eigenvalue weighted by atomic mass is 9.93. The van der Waals surface area contributed by atoms with Crippen LogP contribution >= 0.6 is 11.6 Å². The molecule has 1 aliphatic rings. The largest absolute Gasteiger partial charge is 0.349 e. The van der Waals surface area contributed by atoms with Gasteiger partial charge >= 0.3 is 0 Å². The van der Waals surface area contributed by atoms with Gasteiger partial charge in [-0.2, -0.15) is 0 Å². The molecule has 1 aliphatic carbocycles. The molecule has 18 heavy (non-hydrogen) atoms. The van der Waals surface area contributed by atoms with Crippen LogP contribution < -0.4 is 5.32 Å². The van der Waals surface area contributed by atoms with Crippen molar-refractivity contribution in [2.45, 2.75) is 39.2 Å². The van der Waals surface area contributed by atoms with Crippen molar-refractivity contribution in [2.75, 3.05) is 0 Å². The number of rotatable bonds is 3. The van der Waals surface area contributed by atoms with Crippen molar-refractivity contribution in [3.8, 4) is 0 Å². The smallest absolute Gasteiger partial charge is 0.251 e. The van der Waals surface area contributed by atoms with Gasteiger partial charge in [-0.25, -0.2) is 4.98 Å². The van der Waals surface area contributed by atoms with Gasteiger partial charge in [0.15, 0.2) is 0 Å². The quantitative estimate of drug-likeness (QED) is 0.853. The van der Waals surface area contributed by atoms with Crippen molar-refractivity contribution in [3.63, 3.8) is 0 Å². The summed E-state index contributed by atoms with van der Waals surface area (Å²) in [4.78, 5) is 16.0. The van der Waals surface area contributed by atoms with Crippen LogP contribution in [-0.2, 0) is 0 Å². The minimum absolute atomic E-state index is 0.0482. The maximum absolute atomic E-state index is 12.1. The molecule has 0 aromatic carbocycles. The Morgan fingerprint density at radius 1 is 1.56 bits per heavy atom. The van der Waals surface area contributed by atoms with E-state index >= 15 is 0 Å². The summed E-state index contributed by atoms with van der Waals surface area (Å²) in [6.45, 7) is 4.44. The van der Waals surface area contributed by atoms with Crippen LogP contribution in [0, 0.1) is 11.8 Å². The summed E-state index contributed by atoms with van der Waals surface area (Å²) < 4.78 is 0. The predicted molar refractivity (Wildman–Crippen MR) is 72.7 cm³/mol. The molecule has 1 aromatic heterocycles. The van der Waals surface area contributed by atoms with Gasteiger partial charge in [0.1, 0.15) is 5.15 Å². The first-order chi connectivity index (χ1) is 8.61. The first-order valence-corrected chi connectivity index (χ1v) is 6.92. The topological polar surface area (TPSA) is 42.0 Å². The average Bonchev–Trinajstić information content (AvgIpc) is 2.70. The summed E-state index contributed by atoms with van der Waals surface area (Å²) in [5.41, 5.74) is 0.585. The highest BCUT2D eigenvalue weighted by Gasteiger charge is 2.32. The second-order valence-corrected chi connectivity index (χ2v) is 5.44. The Bertz CT molecular complexity index is 436. The van der Waals surface area contributed by atoms with Gasteiger partial charge in [0.2, 0.25) is 0 Å². The van der Waals surface area contributed by atoms with E-state index in [-0.39, 0.29) is 11.9 Å². The molecule has 0 saturated heterocycles. The van der Waals surface area contributed by atoms with Crippen LogP contribution in [-0.4, -0.2) is 16.9 Å². The van der Waals surface area contributed by atoms with Crippen molar-refractivity contribution >= 4 is 17.5 Å². The summed E-state index contributed by atoms with van der Waals surface area (Å²) in [5.74, 6) is 1.24. The molecule has 98 valence electrons. The number of nitrogens with zero attached hydrogens (tertiary/aromatic N) is 1. The van der Waals surface area contributed by atoms with E-state index in [1.807, 2.05) is 0 Å². The monoisotopic (exact) mass is 266 g/mol. The summed E-state index contributed by atoms with van der Waals surface area (Å²) in [5, 5.41) is 3.47. The molecular formula is C14H19ClN2O. The van der Waals surface area contributed by atoms with Crippen molar-refractivity contribution in [1.29, 1.82) is 0 Å². The van der Waals surface area contributed by atoms with Crippen molar-refractivity contribution in [2.24, 2.45) is 11.8 Å². The van der Waals surface area contributed by atoms with Crippen molar-refractivity contribution in [3.05, 3.63) is 29.0 Å². The van der Waals surface area contributed by atoms with E-state index in [0.717, 1.165) is 12.3 Å². The maximum atomic E-state index is 12.1. The Balaban J connectivity index is 2.00. The fourth-order valence-electron chi connectivity index (χ4n) is 2.82. The molecule has 1 heterocycles. The van der Waals surface area contributed by atoms with Gasteiger partial charge in [-0.1, -0.05) is 31.9 Å². The van der Waals surface area contributed by atoms with Crippen LogP contribution in [0.15, 0.2) is 18.3 Å². The molecule has 1 aromatic rings. The standard InChI is InChI=1S/C14H19ClN2O/c1-3-10-4-5-12(9(10)2)17-14(18)11-6-7-16-13(15)8-11/h6-10,12H,3-5H2,1-2H3,(H,17,18). The fourth-order valence-corrected chi connectivity index (χ4v) is 3.00.